The maximum absolute atomic E-state index is 11.1. The topological polar surface area (TPSA) is 49.4 Å². The number of amides is 1. The van der Waals surface area contributed by atoms with Crippen LogP contribution in [0.1, 0.15) is 13.8 Å². The fourth-order valence-corrected chi connectivity index (χ4v) is 0.722. The summed E-state index contributed by atoms with van der Waals surface area (Å²) >= 11 is 0. The molecule has 0 saturated carbocycles. The Bertz CT molecular complexity index is 199. The molecule has 0 bridgehead atoms. The van der Waals surface area contributed by atoms with E-state index in [2.05, 4.69) is 5.43 Å². The van der Waals surface area contributed by atoms with Crippen molar-refractivity contribution in [2.45, 2.75) is 13.8 Å². The molecule has 0 aromatic carbocycles. The Hall–Kier alpha value is -1.16. The second-order valence-corrected chi connectivity index (χ2v) is 2.35. The van der Waals surface area contributed by atoms with Gasteiger partial charge in [-0.1, -0.05) is 6.08 Å². The second-order valence-electron chi connectivity index (χ2n) is 2.35. The largest absolute Gasteiger partial charge is 0.298 e. The first-order valence-corrected chi connectivity index (χ1v) is 3.72. The summed E-state index contributed by atoms with van der Waals surface area (Å²) in [5, 5.41) is 1.25. The monoisotopic (exact) mass is 170 g/mol. The molecule has 12 heavy (non-hydrogen) atoms. The van der Waals surface area contributed by atoms with Crippen LogP contribution in [0.25, 0.3) is 0 Å². The van der Waals surface area contributed by atoms with E-state index in [-0.39, 0.29) is 18.2 Å². The smallest absolute Gasteiger partial charge is 0.260 e. The van der Waals surface area contributed by atoms with Gasteiger partial charge in [-0.05, 0) is 13.8 Å². The molecule has 0 unspecified atom stereocenters. The minimum absolute atomic E-state index is 0.0535. The van der Waals surface area contributed by atoms with Crippen molar-refractivity contribution in [3.8, 4) is 0 Å². The van der Waals surface area contributed by atoms with Crippen LogP contribution in [0.3, 0.4) is 0 Å². The quantitative estimate of drug-likeness (QED) is 0.481. The highest BCUT2D eigenvalue weighted by Crippen LogP contribution is 1.86. The predicted molar refractivity (Wildman–Crippen MR) is 46.3 cm³/mol. The van der Waals surface area contributed by atoms with Gasteiger partial charge in [0.15, 0.2) is 5.78 Å². The molecule has 0 fully saturated rings. The molecule has 0 rings (SSSR count). The molecular weight excluding hydrogens is 156 g/mol. The lowest BCUT2D eigenvalue weighted by molar-refractivity contribution is -0.133. The Labute approximate surface area is 72.2 Å². The number of Topliss-reactive ketones (excluding diaryl/α,β-unsaturated/α-hetero) is 1. The average molecular weight is 170 g/mol. The number of allylic oxidation sites excluding steroid dienone is 1. The number of rotatable bonds is 4. The third-order valence-corrected chi connectivity index (χ3v) is 1.23. The van der Waals surface area contributed by atoms with Crippen LogP contribution in [0.4, 0.5) is 0 Å². The molecular formula is C8H14N2O2. The third-order valence-electron chi connectivity index (χ3n) is 1.23. The van der Waals surface area contributed by atoms with Crippen molar-refractivity contribution >= 4 is 11.7 Å². The van der Waals surface area contributed by atoms with Crippen molar-refractivity contribution in [1.29, 1.82) is 0 Å². The van der Waals surface area contributed by atoms with Crippen molar-refractivity contribution < 1.29 is 9.59 Å². The number of nitrogens with zero attached hydrogens (tertiary/aromatic N) is 1. The highest BCUT2D eigenvalue weighted by atomic mass is 16.2. The highest BCUT2D eigenvalue weighted by molar-refractivity contribution is 5.90. The van der Waals surface area contributed by atoms with Crippen molar-refractivity contribution in [1.82, 2.24) is 10.4 Å². The minimum Gasteiger partial charge on any atom is -0.298 e. The third kappa shape index (κ3) is 3.88. The SMILES string of the molecule is C/C=C/C(=O)N(CC(C)=O)NC. The van der Waals surface area contributed by atoms with E-state index >= 15 is 0 Å². The van der Waals surface area contributed by atoms with Gasteiger partial charge in [0.05, 0.1) is 6.54 Å². The van der Waals surface area contributed by atoms with Crippen LogP contribution in [-0.4, -0.2) is 30.3 Å². The Morgan fingerprint density at radius 2 is 2.08 bits per heavy atom. The van der Waals surface area contributed by atoms with Crippen LogP contribution in [-0.2, 0) is 9.59 Å². The predicted octanol–water partition coefficient (Wildman–Crippen LogP) is 0.115. The summed E-state index contributed by atoms with van der Waals surface area (Å²) in [5.41, 5.74) is 2.63. The molecule has 0 radical (unpaired) electrons. The molecule has 0 aliphatic carbocycles. The lowest BCUT2D eigenvalue weighted by Crippen LogP contribution is -2.42. The average Bonchev–Trinajstić information content (AvgIpc) is 2.00. The standard InChI is InChI=1S/C8H14N2O2/c1-4-5-8(12)10(9-3)6-7(2)11/h4-5,9H,6H2,1-3H3/b5-4+. The lowest BCUT2D eigenvalue weighted by atomic mass is 10.4. The van der Waals surface area contributed by atoms with Gasteiger partial charge >= 0.3 is 0 Å². The van der Waals surface area contributed by atoms with Gasteiger partial charge in [0.2, 0.25) is 0 Å². The van der Waals surface area contributed by atoms with Crippen molar-refractivity contribution in [3.63, 3.8) is 0 Å². The molecule has 1 amide bonds. The van der Waals surface area contributed by atoms with E-state index in [1.165, 1.54) is 18.0 Å². The van der Waals surface area contributed by atoms with Gasteiger partial charge in [-0.15, -0.1) is 0 Å². The van der Waals surface area contributed by atoms with Crippen LogP contribution < -0.4 is 5.43 Å². The fourth-order valence-electron chi connectivity index (χ4n) is 0.722. The van der Waals surface area contributed by atoms with Gasteiger partial charge < -0.3 is 0 Å². The fraction of sp³-hybridized carbons (Fsp3) is 0.500. The lowest BCUT2D eigenvalue weighted by Gasteiger charge is -2.17. The van der Waals surface area contributed by atoms with Gasteiger partial charge in [-0.25, -0.2) is 5.43 Å². The number of nitrogens with one attached hydrogen (secondary N) is 1. The van der Waals surface area contributed by atoms with Gasteiger partial charge in [-0.2, -0.15) is 0 Å². The molecule has 0 aliphatic heterocycles. The van der Waals surface area contributed by atoms with E-state index in [1.54, 1.807) is 20.0 Å². The molecule has 4 nitrogen and oxygen atoms in total. The molecule has 1 N–H and O–H groups in total. The van der Waals surface area contributed by atoms with Crippen LogP contribution in [0, 0.1) is 0 Å². The van der Waals surface area contributed by atoms with Crippen LogP contribution in [0.15, 0.2) is 12.2 Å². The minimum atomic E-state index is -0.213. The molecule has 0 spiro atoms. The van der Waals surface area contributed by atoms with E-state index < -0.39 is 0 Å². The van der Waals surface area contributed by atoms with Gasteiger partial charge in [0.25, 0.3) is 5.91 Å². The second kappa shape index (κ2) is 5.49. The Balaban J connectivity index is 4.14. The van der Waals surface area contributed by atoms with Crippen LogP contribution in [0.5, 0.6) is 0 Å². The Morgan fingerprint density at radius 1 is 1.50 bits per heavy atom. The first kappa shape index (κ1) is 10.8. The zero-order valence-corrected chi connectivity index (χ0v) is 7.63. The van der Waals surface area contributed by atoms with E-state index in [4.69, 9.17) is 0 Å². The summed E-state index contributed by atoms with van der Waals surface area (Å²) in [6.45, 7) is 3.28. The van der Waals surface area contributed by atoms with E-state index in [1.807, 2.05) is 0 Å². The first-order valence-electron chi connectivity index (χ1n) is 3.72. The molecule has 0 saturated heterocycles. The Kier molecular flexibility index (Phi) is 4.96. The van der Waals surface area contributed by atoms with Crippen molar-refractivity contribution in [2.75, 3.05) is 13.6 Å². The molecule has 0 atom stereocenters. The number of hydrogen-bond acceptors (Lipinski definition) is 3. The molecule has 4 heteroatoms. The summed E-state index contributed by atoms with van der Waals surface area (Å²) in [7, 11) is 1.60. The zero-order valence-electron chi connectivity index (χ0n) is 7.63. The number of hydrogen-bond donors (Lipinski definition) is 1. The van der Waals surface area contributed by atoms with E-state index in [0.717, 1.165) is 0 Å². The summed E-state index contributed by atoms with van der Waals surface area (Å²) in [5.74, 6) is -0.266. The van der Waals surface area contributed by atoms with Gasteiger partial charge in [0.1, 0.15) is 0 Å². The maximum Gasteiger partial charge on any atom is 0.260 e. The normalized spacial score (nSPS) is 10.2. The number of carbonyl (C=O) groups excluding carboxylic acids is 2. The highest BCUT2D eigenvalue weighted by Gasteiger charge is 2.09. The summed E-state index contributed by atoms with van der Waals surface area (Å²) in [4.78, 5) is 21.8. The zero-order chi connectivity index (χ0) is 9.56. The van der Waals surface area contributed by atoms with Gasteiger partial charge in [-0.3, -0.25) is 14.6 Å². The summed E-state index contributed by atoms with van der Waals surface area (Å²) < 4.78 is 0. The molecule has 68 valence electrons. The molecule has 0 aromatic rings. The molecule has 0 aromatic heterocycles. The number of ketones is 1. The first-order chi connectivity index (χ1) is 5.61. The van der Waals surface area contributed by atoms with E-state index in [9.17, 15) is 9.59 Å². The van der Waals surface area contributed by atoms with Crippen LogP contribution >= 0.6 is 0 Å². The molecule has 0 heterocycles. The Morgan fingerprint density at radius 3 is 2.42 bits per heavy atom. The summed E-state index contributed by atoms with van der Waals surface area (Å²) in [6, 6.07) is 0. The van der Waals surface area contributed by atoms with Gasteiger partial charge in [0, 0.05) is 13.1 Å². The van der Waals surface area contributed by atoms with Crippen molar-refractivity contribution in [3.05, 3.63) is 12.2 Å². The summed E-state index contributed by atoms with van der Waals surface area (Å²) in [6.07, 6.45) is 3.03. The van der Waals surface area contributed by atoms with E-state index in [0.29, 0.717) is 0 Å². The number of hydrazine groups is 1. The maximum atomic E-state index is 11.1. The molecule has 0 aliphatic rings. The van der Waals surface area contributed by atoms with Crippen LogP contribution in [0.2, 0.25) is 0 Å². The van der Waals surface area contributed by atoms with Crippen molar-refractivity contribution in [2.24, 2.45) is 0 Å². The number of carbonyl (C=O) groups is 2.